The monoisotopic (exact) mass is 392 g/mol. The van der Waals surface area contributed by atoms with Crippen LogP contribution in [0.3, 0.4) is 0 Å². The molecule has 0 fully saturated rings. The molecule has 1 atom stereocenters. The maximum atomic E-state index is 12.1. The highest BCUT2D eigenvalue weighted by Gasteiger charge is 2.17. The van der Waals surface area contributed by atoms with Crippen molar-refractivity contribution in [2.24, 2.45) is 0 Å². The van der Waals surface area contributed by atoms with Gasteiger partial charge < -0.3 is 9.47 Å². The van der Waals surface area contributed by atoms with E-state index in [0.29, 0.717) is 11.3 Å². The molecular weight excluding hydrogens is 370 g/mol. The fourth-order valence-electron chi connectivity index (χ4n) is 2.35. The van der Waals surface area contributed by atoms with Crippen LogP contribution in [0.15, 0.2) is 42.5 Å². The molecule has 28 heavy (non-hydrogen) atoms. The molecular formula is C20H22F2N2O4. The van der Waals surface area contributed by atoms with E-state index in [-0.39, 0.29) is 12.2 Å². The Kier molecular flexibility index (Phi) is 7.31. The Morgan fingerprint density at radius 2 is 1.68 bits per heavy atom. The summed E-state index contributed by atoms with van der Waals surface area (Å²) in [4.78, 5) is 24.1. The highest BCUT2D eigenvalue weighted by atomic mass is 19.3. The SMILES string of the molecule is Cc1cccc(OC(C)C(=O)NNC(=O)Cc2ccc(OC(F)F)cc2)c1C. The summed E-state index contributed by atoms with van der Waals surface area (Å²) in [6.07, 6.45) is -0.854. The molecule has 0 heterocycles. The first-order chi connectivity index (χ1) is 13.3. The second kappa shape index (κ2) is 9.68. The number of hydrazine groups is 1. The Balaban J connectivity index is 1.81. The van der Waals surface area contributed by atoms with E-state index in [0.717, 1.165) is 11.1 Å². The summed E-state index contributed by atoms with van der Waals surface area (Å²) in [5.74, 6) is -0.366. The molecule has 0 aliphatic heterocycles. The lowest BCUT2D eigenvalue weighted by Crippen LogP contribution is -2.47. The first kappa shape index (κ1) is 21.1. The fraction of sp³-hybridized carbons (Fsp3) is 0.300. The van der Waals surface area contributed by atoms with Crippen molar-refractivity contribution in [2.45, 2.75) is 39.9 Å². The van der Waals surface area contributed by atoms with Crippen LogP contribution in [0.25, 0.3) is 0 Å². The number of hydrogen-bond acceptors (Lipinski definition) is 4. The van der Waals surface area contributed by atoms with Gasteiger partial charge in [0.05, 0.1) is 6.42 Å². The van der Waals surface area contributed by atoms with Crippen LogP contribution in [0.5, 0.6) is 11.5 Å². The van der Waals surface area contributed by atoms with Gasteiger partial charge in [0.2, 0.25) is 5.91 Å². The molecule has 150 valence electrons. The molecule has 0 saturated heterocycles. The topological polar surface area (TPSA) is 76.7 Å². The molecule has 0 radical (unpaired) electrons. The maximum absolute atomic E-state index is 12.1. The van der Waals surface area contributed by atoms with Crippen LogP contribution < -0.4 is 20.3 Å². The number of carbonyl (C=O) groups excluding carboxylic acids is 2. The molecule has 2 amide bonds. The normalized spacial score (nSPS) is 11.6. The standard InChI is InChI=1S/C20H22F2N2O4/c1-12-5-4-6-17(13(12)2)27-14(3)19(26)24-23-18(25)11-15-7-9-16(10-8-15)28-20(21)22/h4-10,14,20H,11H2,1-3H3,(H,23,25)(H,24,26). The van der Waals surface area contributed by atoms with Gasteiger partial charge in [0.15, 0.2) is 6.10 Å². The summed E-state index contributed by atoms with van der Waals surface area (Å²) in [6, 6.07) is 11.2. The van der Waals surface area contributed by atoms with Gasteiger partial charge in [0.25, 0.3) is 5.91 Å². The zero-order valence-electron chi connectivity index (χ0n) is 15.8. The number of ether oxygens (including phenoxy) is 2. The van der Waals surface area contributed by atoms with Crippen molar-refractivity contribution in [1.29, 1.82) is 0 Å². The molecule has 0 saturated carbocycles. The molecule has 8 heteroatoms. The number of amides is 2. The van der Waals surface area contributed by atoms with E-state index in [1.807, 2.05) is 26.0 Å². The fourth-order valence-corrected chi connectivity index (χ4v) is 2.35. The zero-order valence-corrected chi connectivity index (χ0v) is 15.8. The van der Waals surface area contributed by atoms with Crippen LogP contribution in [0, 0.1) is 13.8 Å². The lowest BCUT2D eigenvalue weighted by molar-refractivity contribution is -0.132. The Bertz CT molecular complexity index is 825. The highest BCUT2D eigenvalue weighted by Crippen LogP contribution is 2.21. The molecule has 6 nitrogen and oxygen atoms in total. The van der Waals surface area contributed by atoms with Crippen molar-refractivity contribution in [3.63, 3.8) is 0 Å². The summed E-state index contributed by atoms with van der Waals surface area (Å²) < 4.78 is 34.1. The third-order valence-corrected chi connectivity index (χ3v) is 4.07. The van der Waals surface area contributed by atoms with E-state index >= 15 is 0 Å². The molecule has 0 spiro atoms. The number of hydrogen-bond donors (Lipinski definition) is 2. The van der Waals surface area contributed by atoms with Gasteiger partial charge in [-0.1, -0.05) is 24.3 Å². The Morgan fingerprint density at radius 3 is 2.32 bits per heavy atom. The predicted octanol–water partition coefficient (Wildman–Crippen LogP) is 3.06. The number of alkyl halides is 2. The minimum Gasteiger partial charge on any atom is -0.481 e. The highest BCUT2D eigenvalue weighted by molar-refractivity contribution is 5.85. The molecule has 1 unspecified atom stereocenters. The van der Waals surface area contributed by atoms with Gasteiger partial charge in [-0.3, -0.25) is 20.4 Å². The van der Waals surface area contributed by atoms with E-state index in [1.165, 1.54) is 24.3 Å². The molecule has 0 aliphatic carbocycles. The van der Waals surface area contributed by atoms with E-state index in [2.05, 4.69) is 15.6 Å². The van der Waals surface area contributed by atoms with Gasteiger partial charge in [0, 0.05) is 0 Å². The van der Waals surface area contributed by atoms with E-state index in [9.17, 15) is 18.4 Å². The summed E-state index contributed by atoms with van der Waals surface area (Å²) in [5, 5.41) is 0. The van der Waals surface area contributed by atoms with Crippen molar-refractivity contribution < 1.29 is 27.8 Å². The van der Waals surface area contributed by atoms with Crippen molar-refractivity contribution in [3.8, 4) is 11.5 Å². The average molecular weight is 392 g/mol. The minimum atomic E-state index is -2.91. The zero-order chi connectivity index (χ0) is 20.7. The number of rotatable bonds is 7. The lowest BCUT2D eigenvalue weighted by atomic mass is 10.1. The molecule has 2 rings (SSSR count). The Labute approximate surface area is 161 Å². The van der Waals surface area contributed by atoms with Gasteiger partial charge in [-0.05, 0) is 55.7 Å². The molecule has 0 aliphatic rings. The van der Waals surface area contributed by atoms with Crippen molar-refractivity contribution in [2.75, 3.05) is 0 Å². The van der Waals surface area contributed by atoms with Gasteiger partial charge in [-0.15, -0.1) is 0 Å². The van der Waals surface area contributed by atoms with Gasteiger partial charge in [-0.25, -0.2) is 0 Å². The lowest BCUT2D eigenvalue weighted by Gasteiger charge is -2.17. The number of aryl methyl sites for hydroxylation is 1. The van der Waals surface area contributed by atoms with Gasteiger partial charge >= 0.3 is 6.61 Å². The largest absolute Gasteiger partial charge is 0.481 e. The number of halogens is 2. The van der Waals surface area contributed by atoms with Crippen LogP contribution in [-0.2, 0) is 16.0 Å². The van der Waals surface area contributed by atoms with Crippen molar-refractivity contribution in [1.82, 2.24) is 10.9 Å². The second-order valence-corrected chi connectivity index (χ2v) is 6.19. The number of benzene rings is 2. The van der Waals surface area contributed by atoms with Crippen LogP contribution in [0.4, 0.5) is 8.78 Å². The summed E-state index contributed by atoms with van der Waals surface area (Å²) >= 11 is 0. The molecule has 0 aromatic heterocycles. The van der Waals surface area contributed by atoms with Crippen LogP contribution in [0.2, 0.25) is 0 Å². The van der Waals surface area contributed by atoms with Crippen molar-refractivity contribution >= 4 is 11.8 Å². The van der Waals surface area contributed by atoms with E-state index < -0.39 is 24.5 Å². The second-order valence-electron chi connectivity index (χ2n) is 6.19. The number of carbonyl (C=O) groups is 2. The average Bonchev–Trinajstić information content (AvgIpc) is 2.64. The molecule has 2 N–H and O–H groups in total. The first-order valence-corrected chi connectivity index (χ1v) is 8.61. The number of nitrogens with one attached hydrogen (secondary N) is 2. The maximum Gasteiger partial charge on any atom is 0.387 e. The molecule has 2 aromatic carbocycles. The minimum absolute atomic E-state index is 0.00452. The van der Waals surface area contributed by atoms with Crippen LogP contribution in [0.1, 0.15) is 23.6 Å². The third kappa shape index (κ3) is 6.22. The third-order valence-electron chi connectivity index (χ3n) is 4.07. The summed E-state index contributed by atoms with van der Waals surface area (Å²) in [7, 11) is 0. The molecule has 2 aromatic rings. The van der Waals surface area contributed by atoms with Crippen LogP contribution in [-0.4, -0.2) is 24.5 Å². The quantitative estimate of drug-likeness (QED) is 0.710. The summed E-state index contributed by atoms with van der Waals surface area (Å²) in [5.41, 5.74) is 7.16. The Hall–Kier alpha value is -3.16. The van der Waals surface area contributed by atoms with Gasteiger partial charge in [-0.2, -0.15) is 8.78 Å². The summed E-state index contributed by atoms with van der Waals surface area (Å²) in [6.45, 7) is 2.51. The first-order valence-electron chi connectivity index (χ1n) is 8.61. The van der Waals surface area contributed by atoms with E-state index in [1.54, 1.807) is 13.0 Å². The smallest absolute Gasteiger partial charge is 0.387 e. The van der Waals surface area contributed by atoms with Crippen molar-refractivity contribution in [3.05, 3.63) is 59.2 Å². The van der Waals surface area contributed by atoms with E-state index in [4.69, 9.17) is 4.74 Å². The van der Waals surface area contributed by atoms with Crippen LogP contribution >= 0.6 is 0 Å². The predicted molar refractivity (Wildman–Crippen MR) is 99.1 cm³/mol. The van der Waals surface area contributed by atoms with Gasteiger partial charge in [0.1, 0.15) is 11.5 Å². The Morgan fingerprint density at radius 1 is 1.00 bits per heavy atom. The molecule has 0 bridgehead atoms.